The fourth-order valence-electron chi connectivity index (χ4n) is 6.01. The first-order valence-corrected chi connectivity index (χ1v) is 14.5. The number of carbonyl (C=O) groups is 2. The average molecular weight is 591 g/mol. The molecule has 2 aromatic carbocycles. The summed E-state index contributed by atoms with van der Waals surface area (Å²) in [6.07, 6.45) is -3.24. The molecule has 4 rings (SSSR count). The highest BCUT2D eigenvalue weighted by Crippen LogP contribution is 2.41. The van der Waals surface area contributed by atoms with E-state index in [0.717, 1.165) is 30.0 Å². The molecule has 0 bridgehead atoms. The van der Waals surface area contributed by atoms with Gasteiger partial charge in [-0.25, -0.2) is 0 Å². The number of ether oxygens (including phenoxy) is 2. The monoisotopic (exact) mass is 590 g/mol. The number of nitrogens with zero attached hydrogens (tertiary/aromatic N) is 2. The van der Waals surface area contributed by atoms with Gasteiger partial charge in [0.1, 0.15) is 11.5 Å². The summed E-state index contributed by atoms with van der Waals surface area (Å²) >= 11 is 0. The molecule has 2 aliphatic heterocycles. The maximum atomic E-state index is 14.0. The number of piperidine rings is 1. The molecule has 10 heteroatoms. The fourth-order valence-corrected chi connectivity index (χ4v) is 6.01. The Bertz CT molecular complexity index is 1230. The van der Waals surface area contributed by atoms with Gasteiger partial charge in [0.2, 0.25) is 5.91 Å². The van der Waals surface area contributed by atoms with E-state index >= 15 is 0 Å². The van der Waals surface area contributed by atoms with E-state index in [1.165, 1.54) is 6.07 Å². The number of aliphatic carboxylic acids is 1. The van der Waals surface area contributed by atoms with Crippen LogP contribution in [0.25, 0.3) is 0 Å². The normalized spacial score (nSPS) is 20.5. The third kappa shape index (κ3) is 7.56. The van der Waals surface area contributed by atoms with Crippen LogP contribution in [0.15, 0.2) is 42.5 Å². The highest BCUT2D eigenvalue weighted by Gasteiger charge is 2.44. The van der Waals surface area contributed by atoms with Crippen molar-refractivity contribution in [3.8, 4) is 11.5 Å². The van der Waals surface area contributed by atoms with Gasteiger partial charge < -0.3 is 19.5 Å². The van der Waals surface area contributed by atoms with Gasteiger partial charge in [0.15, 0.2) is 0 Å². The van der Waals surface area contributed by atoms with Crippen LogP contribution in [0.4, 0.5) is 13.2 Å². The van der Waals surface area contributed by atoms with Crippen LogP contribution in [0.3, 0.4) is 0 Å². The highest BCUT2D eigenvalue weighted by molar-refractivity contribution is 5.81. The van der Waals surface area contributed by atoms with Gasteiger partial charge in [0.25, 0.3) is 0 Å². The van der Waals surface area contributed by atoms with Crippen LogP contribution in [-0.4, -0.2) is 72.2 Å². The molecule has 0 aliphatic carbocycles. The number of rotatable bonds is 9. The molecule has 0 saturated carbocycles. The lowest BCUT2D eigenvalue weighted by atomic mass is 9.85. The van der Waals surface area contributed by atoms with Crippen LogP contribution in [0.2, 0.25) is 0 Å². The van der Waals surface area contributed by atoms with Crippen molar-refractivity contribution in [3.05, 3.63) is 59.2 Å². The molecular weight excluding hydrogens is 549 g/mol. The van der Waals surface area contributed by atoms with E-state index in [1.807, 2.05) is 29.2 Å². The molecule has 2 saturated heterocycles. The zero-order valence-electron chi connectivity index (χ0n) is 24.7. The number of halogens is 3. The van der Waals surface area contributed by atoms with Gasteiger partial charge in [-0.15, -0.1) is 0 Å². The van der Waals surface area contributed by atoms with Crippen LogP contribution >= 0.6 is 0 Å². The van der Waals surface area contributed by atoms with E-state index in [4.69, 9.17) is 14.6 Å². The Balaban J connectivity index is 1.48. The molecule has 0 aromatic heterocycles. The number of carboxylic acids is 1. The second-order valence-corrected chi connectivity index (χ2v) is 12.3. The van der Waals surface area contributed by atoms with E-state index in [9.17, 15) is 22.8 Å². The zero-order valence-corrected chi connectivity index (χ0v) is 24.7. The van der Waals surface area contributed by atoms with Crippen LogP contribution in [0, 0.1) is 5.92 Å². The first-order chi connectivity index (χ1) is 19.8. The van der Waals surface area contributed by atoms with Gasteiger partial charge >= 0.3 is 12.1 Å². The molecule has 0 radical (unpaired) electrons. The minimum atomic E-state index is -4.52. The van der Waals surface area contributed by atoms with Crippen molar-refractivity contribution in [2.75, 3.05) is 39.9 Å². The number of likely N-dealkylation sites (tertiary alicyclic amines) is 2. The Kier molecular flexibility index (Phi) is 9.75. The Labute approximate surface area is 245 Å². The lowest BCUT2D eigenvalue weighted by Gasteiger charge is -2.35. The van der Waals surface area contributed by atoms with Crippen molar-refractivity contribution in [1.82, 2.24) is 9.80 Å². The summed E-state index contributed by atoms with van der Waals surface area (Å²) in [4.78, 5) is 29.1. The van der Waals surface area contributed by atoms with E-state index in [0.29, 0.717) is 38.0 Å². The van der Waals surface area contributed by atoms with Crippen molar-refractivity contribution >= 4 is 11.9 Å². The van der Waals surface area contributed by atoms with E-state index in [-0.39, 0.29) is 54.4 Å². The molecule has 0 spiro atoms. The number of amides is 1. The molecule has 7 nitrogen and oxygen atoms in total. The van der Waals surface area contributed by atoms with Crippen LogP contribution < -0.4 is 9.47 Å². The fraction of sp³-hybridized carbons (Fsp3) is 0.562. The topological polar surface area (TPSA) is 79.3 Å². The van der Waals surface area contributed by atoms with Gasteiger partial charge in [-0.2, -0.15) is 13.2 Å². The smallest absolute Gasteiger partial charge is 0.416 e. The standard InChI is InChI=1S/C32H41F3N2O5/c1-31(2,3)37-19-26(21-7-10-24(41-4)11-8-21)27(20-37)30(40)36-15-13-22(14-16-36)25-12-9-23(32(33,34)35)18-28(25)42-17-5-6-29(38)39/h7-12,18,22,26-27H,5-6,13-17,19-20H2,1-4H3,(H,38,39)/t26-,27?/m0/s1. The van der Waals surface area contributed by atoms with E-state index in [2.05, 4.69) is 25.7 Å². The number of benzene rings is 2. The lowest BCUT2D eigenvalue weighted by Crippen LogP contribution is -2.44. The summed E-state index contributed by atoms with van der Waals surface area (Å²) in [5, 5.41) is 8.88. The largest absolute Gasteiger partial charge is 0.497 e. The number of carbonyl (C=O) groups excluding carboxylic acids is 1. The Morgan fingerprint density at radius 3 is 2.24 bits per heavy atom. The van der Waals surface area contributed by atoms with E-state index < -0.39 is 17.7 Å². The second kappa shape index (κ2) is 12.9. The number of hydrogen-bond acceptors (Lipinski definition) is 5. The van der Waals surface area contributed by atoms with Gasteiger partial charge in [-0.1, -0.05) is 18.2 Å². The molecule has 1 amide bonds. The molecule has 2 atom stereocenters. The highest BCUT2D eigenvalue weighted by atomic mass is 19.4. The van der Waals surface area contributed by atoms with Gasteiger partial charge in [-0.3, -0.25) is 14.5 Å². The van der Waals surface area contributed by atoms with Gasteiger partial charge in [0, 0.05) is 44.1 Å². The minimum Gasteiger partial charge on any atom is -0.497 e. The zero-order chi connectivity index (χ0) is 30.7. The summed E-state index contributed by atoms with van der Waals surface area (Å²) in [5.41, 5.74) is 0.878. The molecule has 2 aromatic rings. The Hall–Kier alpha value is -3.27. The van der Waals surface area contributed by atoms with Crippen LogP contribution in [0.5, 0.6) is 11.5 Å². The Morgan fingerprint density at radius 1 is 1.00 bits per heavy atom. The molecule has 1 N–H and O–H groups in total. The second-order valence-electron chi connectivity index (χ2n) is 12.3. The van der Waals surface area contributed by atoms with E-state index in [1.54, 1.807) is 7.11 Å². The quantitative estimate of drug-likeness (QED) is 0.352. The Morgan fingerprint density at radius 2 is 1.67 bits per heavy atom. The summed E-state index contributed by atoms with van der Waals surface area (Å²) in [5.74, 6) is -0.202. The molecular formula is C32H41F3N2O5. The molecule has 2 fully saturated rings. The summed E-state index contributed by atoms with van der Waals surface area (Å²) < 4.78 is 51.3. The predicted octanol–water partition coefficient (Wildman–Crippen LogP) is 6.18. The average Bonchev–Trinajstić information content (AvgIpc) is 3.41. The summed E-state index contributed by atoms with van der Waals surface area (Å²) in [6.45, 7) is 8.92. The summed E-state index contributed by atoms with van der Waals surface area (Å²) in [6, 6.07) is 11.5. The molecule has 1 unspecified atom stereocenters. The third-order valence-corrected chi connectivity index (χ3v) is 8.51. The minimum absolute atomic E-state index is 0.0106. The number of methoxy groups -OCH3 is 1. The molecule has 42 heavy (non-hydrogen) atoms. The van der Waals surface area contributed by atoms with Crippen molar-refractivity contribution < 1.29 is 37.3 Å². The van der Waals surface area contributed by atoms with Gasteiger partial charge in [-0.05, 0) is 81.3 Å². The molecule has 230 valence electrons. The molecule has 2 heterocycles. The molecule has 2 aliphatic rings. The number of hydrogen-bond donors (Lipinski definition) is 1. The summed E-state index contributed by atoms with van der Waals surface area (Å²) in [7, 11) is 1.63. The van der Waals surface area contributed by atoms with Gasteiger partial charge in [0.05, 0.1) is 25.2 Å². The predicted molar refractivity (Wildman–Crippen MR) is 153 cm³/mol. The SMILES string of the molecule is COc1ccc([C@@H]2CN(C(C)(C)C)CC2C(=O)N2CCC(c3ccc(C(F)(F)F)cc3OCCCC(=O)O)CC2)cc1. The van der Waals surface area contributed by atoms with Crippen molar-refractivity contribution in [2.24, 2.45) is 5.92 Å². The van der Waals surface area contributed by atoms with Crippen molar-refractivity contribution in [1.29, 1.82) is 0 Å². The van der Waals surface area contributed by atoms with Crippen molar-refractivity contribution in [3.63, 3.8) is 0 Å². The van der Waals surface area contributed by atoms with Crippen LogP contribution in [-0.2, 0) is 15.8 Å². The number of alkyl halides is 3. The maximum absolute atomic E-state index is 14.0. The number of carboxylic acid groups (broad SMARTS) is 1. The lowest BCUT2D eigenvalue weighted by molar-refractivity contribution is -0.138. The van der Waals surface area contributed by atoms with Crippen molar-refractivity contribution in [2.45, 2.75) is 70.0 Å². The first-order valence-electron chi connectivity index (χ1n) is 14.5. The van der Waals surface area contributed by atoms with Crippen LogP contribution in [0.1, 0.15) is 75.0 Å². The maximum Gasteiger partial charge on any atom is 0.416 e. The first kappa shape index (κ1) is 31.7. The third-order valence-electron chi connectivity index (χ3n) is 8.51.